The Balaban J connectivity index is 1.78. The van der Waals surface area contributed by atoms with Gasteiger partial charge in [-0.3, -0.25) is 0 Å². The van der Waals surface area contributed by atoms with E-state index in [4.69, 9.17) is 9.47 Å². The summed E-state index contributed by atoms with van der Waals surface area (Å²) in [5.74, 6) is 1.80. The van der Waals surface area contributed by atoms with E-state index < -0.39 is 0 Å². The average molecular weight is 263 g/mol. The number of hydrogen-bond acceptors (Lipinski definition) is 3. The summed E-state index contributed by atoms with van der Waals surface area (Å²) in [4.78, 5) is 0. The van der Waals surface area contributed by atoms with E-state index >= 15 is 0 Å². The van der Waals surface area contributed by atoms with Crippen LogP contribution in [0.15, 0.2) is 24.3 Å². The first-order chi connectivity index (χ1) is 9.28. The molecule has 3 nitrogen and oxygen atoms in total. The first-order valence-corrected chi connectivity index (χ1v) is 7.26. The van der Waals surface area contributed by atoms with Gasteiger partial charge in [-0.1, -0.05) is 6.92 Å². The lowest BCUT2D eigenvalue weighted by Gasteiger charge is -2.27. The molecular weight excluding hydrogens is 238 g/mol. The molecule has 0 unspecified atom stereocenters. The Bertz CT molecular complexity index is 356. The van der Waals surface area contributed by atoms with E-state index in [1.165, 1.54) is 31.4 Å². The van der Waals surface area contributed by atoms with E-state index in [2.05, 4.69) is 24.4 Å². The molecule has 0 atom stereocenters. The summed E-state index contributed by atoms with van der Waals surface area (Å²) in [7, 11) is 1.68. The molecule has 3 heteroatoms. The SMILES string of the molecule is COCCOc1ccc(NC2CCC(C)CC2)cc1. The zero-order valence-corrected chi connectivity index (χ0v) is 12.0. The Morgan fingerprint density at radius 1 is 1.05 bits per heavy atom. The third-order valence-electron chi connectivity index (χ3n) is 3.80. The minimum Gasteiger partial charge on any atom is -0.491 e. The van der Waals surface area contributed by atoms with Crippen LogP contribution in [0, 0.1) is 5.92 Å². The van der Waals surface area contributed by atoms with Crippen LogP contribution in [0.3, 0.4) is 0 Å². The van der Waals surface area contributed by atoms with Crippen molar-refractivity contribution >= 4 is 5.69 Å². The molecule has 1 N–H and O–H groups in total. The van der Waals surface area contributed by atoms with Gasteiger partial charge in [0.15, 0.2) is 0 Å². The van der Waals surface area contributed by atoms with Crippen molar-refractivity contribution in [3.8, 4) is 5.75 Å². The molecule has 0 aliphatic heterocycles. The van der Waals surface area contributed by atoms with E-state index in [0.29, 0.717) is 19.3 Å². The zero-order valence-electron chi connectivity index (χ0n) is 12.0. The maximum atomic E-state index is 5.55. The van der Waals surface area contributed by atoms with E-state index in [1.807, 2.05) is 12.1 Å². The van der Waals surface area contributed by atoms with Crippen molar-refractivity contribution in [2.45, 2.75) is 38.6 Å². The third kappa shape index (κ3) is 4.75. The summed E-state index contributed by atoms with van der Waals surface area (Å²) in [6, 6.07) is 8.87. The van der Waals surface area contributed by atoms with Gasteiger partial charge in [0.2, 0.25) is 0 Å². The van der Waals surface area contributed by atoms with E-state index in [9.17, 15) is 0 Å². The van der Waals surface area contributed by atoms with Crippen LogP contribution in [0.2, 0.25) is 0 Å². The Morgan fingerprint density at radius 3 is 2.37 bits per heavy atom. The molecular formula is C16H25NO2. The van der Waals surface area contributed by atoms with Gasteiger partial charge in [0.1, 0.15) is 12.4 Å². The fourth-order valence-electron chi connectivity index (χ4n) is 2.53. The van der Waals surface area contributed by atoms with Gasteiger partial charge >= 0.3 is 0 Å². The largest absolute Gasteiger partial charge is 0.491 e. The summed E-state index contributed by atoms with van der Waals surface area (Å²) >= 11 is 0. The van der Waals surface area contributed by atoms with E-state index in [1.54, 1.807) is 7.11 Å². The number of nitrogens with one attached hydrogen (secondary N) is 1. The van der Waals surface area contributed by atoms with Crippen LogP contribution in [0.25, 0.3) is 0 Å². The second-order valence-electron chi connectivity index (χ2n) is 5.47. The van der Waals surface area contributed by atoms with Crippen LogP contribution in [0.5, 0.6) is 5.75 Å². The quantitative estimate of drug-likeness (QED) is 0.794. The lowest BCUT2D eigenvalue weighted by Crippen LogP contribution is -2.25. The van der Waals surface area contributed by atoms with Crippen LogP contribution in [-0.4, -0.2) is 26.4 Å². The Hall–Kier alpha value is -1.22. The van der Waals surface area contributed by atoms with Crippen LogP contribution < -0.4 is 10.1 Å². The Labute approximate surface area is 116 Å². The van der Waals surface area contributed by atoms with Crippen molar-refractivity contribution in [2.75, 3.05) is 25.6 Å². The monoisotopic (exact) mass is 263 g/mol. The molecule has 0 heterocycles. The molecule has 0 saturated heterocycles. The predicted molar refractivity (Wildman–Crippen MR) is 78.9 cm³/mol. The number of rotatable bonds is 6. The van der Waals surface area contributed by atoms with Crippen molar-refractivity contribution in [2.24, 2.45) is 5.92 Å². The molecule has 0 bridgehead atoms. The number of methoxy groups -OCH3 is 1. The summed E-state index contributed by atoms with van der Waals surface area (Å²) in [5.41, 5.74) is 1.19. The topological polar surface area (TPSA) is 30.5 Å². The smallest absolute Gasteiger partial charge is 0.119 e. The normalized spacial score (nSPS) is 23.1. The van der Waals surface area contributed by atoms with Crippen molar-refractivity contribution in [1.29, 1.82) is 0 Å². The highest BCUT2D eigenvalue weighted by Crippen LogP contribution is 2.26. The number of anilines is 1. The molecule has 0 aromatic heterocycles. The number of hydrogen-bond donors (Lipinski definition) is 1. The minimum absolute atomic E-state index is 0.601. The molecule has 0 radical (unpaired) electrons. The van der Waals surface area contributed by atoms with E-state index in [-0.39, 0.29) is 0 Å². The molecule has 1 aromatic rings. The van der Waals surface area contributed by atoms with Crippen molar-refractivity contribution in [3.63, 3.8) is 0 Å². The molecule has 1 aliphatic rings. The molecule has 0 spiro atoms. The lowest BCUT2D eigenvalue weighted by atomic mass is 9.87. The van der Waals surface area contributed by atoms with Crippen molar-refractivity contribution < 1.29 is 9.47 Å². The minimum atomic E-state index is 0.601. The van der Waals surface area contributed by atoms with Gasteiger partial charge in [-0.05, 0) is 55.9 Å². The van der Waals surface area contributed by atoms with Crippen LogP contribution in [0.1, 0.15) is 32.6 Å². The fraction of sp³-hybridized carbons (Fsp3) is 0.625. The van der Waals surface area contributed by atoms with Gasteiger partial charge in [0, 0.05) is 18.8 Å². The summed E-state index contributed by atoms with van der Waals surface area (Å²) in [5, 5.41) is 3.62. The first kappa shape index (κ1) is 14.2. The highest BCUT2D eigenvalue weighted by atomic mass is 16.5. The third-order valence-corrected chi connectivity index (χ3v) is 3.80. The molecule has 1 fully saturated rings. The Kier molecular flexibility index (Phi) is 5.52. The Morgan fingerprint density at radius 2 is 1.74 bits per heavy atom. The molecule has 1 aromatic carbocycles. The van der Waals surface area contributed by atoms with Gasteiger partial charge in [-0.2, -0.15) is 0 Å². The maximum Gasteiger partial charge on any atom is 0.119 e. The first-order valence-electron chi connectivity index (χ1n) is 7.26. The summed E-state index contributed by atoms with van der Waals surface area (Å²) in [6.07, 6.45) is 5.26. The lowest BCUT2D eigenvalue weighted by molar-refractivity contribution is 0.146. The second-order valence-corrected chi connectivity index (χ2v) is 5.47. The zero-order chi connectivity index (χ0) is 13.5. The standard InChI is InChI=1S/C16H25NO2/c1-13-3-5-14(6-4-13)17-15-7-9-16(10-8-15)19-12-11-18-2/h7-10,13-14,17H,3-6,11-12H2,1-2H3. The molecule has 1 aliphatic carbocycles. The number of ether oxygens (including phenoxy) is 2. The summed E-state index contributed by atoms with van der Waals surface area (Å²) in [6.45, 7) is 3.58. The average Bonchev–Trinajstić information content (AvgIpc) is 2.44. The molecule has 19 heavy (non-hydrogen) atoms. The van der Waals surface area contributed by atoms with Crippen LogP contribution in [0.4, 0.5) is 5.69 Å². The molecule has 1 saturated carbocycles. The highest BCUT2D eigenvalue weighted by Gasteiger charge is 2.17. The van der Waals surface area contributed by atoms with Crippen molar-refractivity contribution in [3.05, 3.63) is 24.3 Å². The second kappa shape index (κ2) is 7.39. The van der Waals surface area contributed by atoms with Crippen molar-refractivity contribution in [1.82, 2.24) is 0 Å². The molecule has 0 amide bonds. The van der Waals surface area contributed by atoms with Gasteiger partial charge < -0.3 is 14.8 Å². The highest BCUT2D eigenvalue weighted by molar-refractivity contribution is 5.47. The summed E-state index contributed by atoms with van der Waals surface area (Å²) < 4.78 is 10.5. The number of benzene rings is 1. The van der Waals surface area contributed by atoms with Gasteiger partial charge in [0.05, 0.1) is 6.61 Å². The fourth-order valence-corrected chi connectivity index (χ4v) is 2.53. The van der Waals surface area contributed by atoms with Crippen LogP contribution in [-0.2, 0) is 4.74 Å². The van der Waals surface area contributed by atoms with Crippen LogP contribution >= 0.6 is 0 Å². The molecule has 106 valence electrons. The van der Waals surface area contributed by atoms with Gasteiger partial charge in [-0.25, -0.2) is 0 Å². The van der Waals surface area contributed by atoms with Gasteiger partial charge in [0.25, 0.3) is 0 Å². The maximum absolute atomic E-state index is 5.55. The van der Waals surface area contributed by atoms with E-state index in [0.717, 1.165) is 11.7 Å². The molecule has 2 rings (SSSR count). The van der Waals surface area contributed by atoms with Gasteiger partial charge in [-0.15, -0.1) is 0 Å². The predicted octanol–water partition coefficient (Wildman–Crippen LogP) is 3.70.